The number of anilines is 1. The Balaban J connectivity index is 1.11. The first-order chi connectivity index (χ1) is 19.9. The van der Waals surface area contributed by atoms with Crippen LogP contribution in [0.25, 0.3) is 11.0 Å². The van der Waals surface area contributed by atoms with E-state index in [1.165, 1.54) is 0 Å². The number of benzene rings is 2. The Morgan fingerprint density at radius 3 is 2.50 bits per heavy atom. The molecule has 1 amide bonds. The molecule has 2 heterocycles. The monoisotopic (exact) mass is 596 g/mol. The lowest BCUT2D eigenvalue weighted by molar-refractivity contribution is -0.138. The zero-order valence-electron chi connectivity index (χ0n) is 23.9. The molecule has 12 nitrogen and oxygen atoms in total. The molecule has 1 spiro atoms. The van der Waals surface area contributed by atoms with E-state index in [1.807, 2.05) is 31.2 Å². The van der Waals surface area contributed by atoms with E-state index in [0.29, 0.717) is 23.5 Å². The summed E-state index contributed by atoms with van der Waals surface area (Å²) in [5.74, 6) is -0.830. The zero-order valence-corrected chi connectivity index (χ0v) is 24.7. The van der Waals surface area contributed by atoms with Crippen molar-refractivity contribution in [1.29, 1.82) is 0 Å². The number of aliphatic carboxylic acids is 1. The fourth-order valence-electron chi connectivity index (χ4n) is 5.91. The lowest BCUT2D eigenvalue weighted by Crippen LogP contribution is -2.49. The van der Waals surface area contributed by atoms with Crippen LogP contribution in [0.15, 0.2) is 46.4 Å². The number of carbonyl (C=O) groups is 2. The number of H-pyrrole nitrogens is 1. The van der Waals surface area contributed by atoms with Crippen molar-refractivity contribution in [2.45, 2.75) is 69.4 Å². The van der Waals surface area contributed by atoms with Gasteiger partial charge in [-0.05, 0) is 75.6 Å². The number of hydrogen-bond donors (Lipinski definition) is 5. The van der Waals surface area contributed by atoms with Crippen molar-refractivity contribution in [3.63, 3.8) is 0 Å². The lowest BCUT2D eigenvalue weighted by atomic mass is 9.76. The molecule has 42 heavy (non-hydrogen) atoms. The maximum Gasteiger partial charge on any atom is 0.323 e. The molecule has 0 bridgehead atoms. The smallest absolute Gasteiger partial charge is 0.323 e. The number of hydrogen-bond acceptors (Lipinski definition) is 8. The second-order valence-corrected chi connectivity index (χ2v) is 13.0. The fraction of sp³-hybridized carbons (Fsp3) is 0.448. The molecule has 0 saturated heterocycles. The van der Waals surface area contributed by atoms with Crippen molar-refractivity contribution < 1.29 is 28.0 Å². The number of aryl methyl sites for hydroxylation is 3. The highest BCUT2D eigenvalue weighted by molar-refractivity contribution is 7.89. The van der Waals surface area contributed by atoms with Crippen molar-refractivity contribution >= 4 is 44.6 Å². The van der Waals surface area contributed by atoms with Gasteiger partial charge in [-0.3, -0.25) is 9.59 Å². The summed E-state index contributed by atoms with van der Waals surface area (Å²) >= 11 is 0. The van der Waals surface area contributed by atoms with E-state index in [0.717, 1.165) is 54.8 Å². The summed E-state index contributed by atoms with van der Waals surface area (Å²) in [6.07, 6.45) is 3.55. The predicted octanol–water partition coefficient (Wildman–Crippen LogP) is 3.15. The Morgan fingerprint density at radius 2 is 1.83 bits per heavy atom. The maximum atomic E-state index is 13.1. The van der Waals surface area contributed by atoms with Crippen LogP contribution < -0.4 is 15.4 Å². The quantitative estimate of drug-likeness (QED) is 0.237. The highest BCUT2D eigenvalue weighted by atomic mass is 32.2. The van der Waals surface area contributed by atoms with Crippen molar-refractivity contribution in [3.8, 4) is 0 Å². The van der Waals surface area contributed by atoms with Crippen LogP contribution in [0.3, 0.4) is 0 Å². The molecule has 2 aromatic carbocycles. The van der Waals surface area contributed by atoms with Gasteiger partial charge in [0, 0.05) is 19.5 Å². The zero-order chi connectivity index (χ0) is 30.1. The SMILES string of the molecule is Cc1cc(C)c(S(=O)(=O)N[C@@H](CNC(=O)C2=NOC3(CCC(CNc4nc5ccccc5[nH]4)CC3)C2)C(=O)O)c(C)c1. The molecule has 5 N–H and O–H groups in total. The number of nitrogens with one attached hydrogen (secondary N) is 4. The van der Waals surface area contributed by atoms with Gasteiger partial charge in [0.15, 0.2) is 0 Å². The second kappa shape index (κ2) is 11.7. The number of aromatic nitrogens is 2. The highest BCUT2D eigenvalue weighted by Crippen LogP contribution is 2.40. The van der Waals surface area contributed by atoms with E-state index < -0.39 is 40.1 Å². The summed E-state index contributed by atoms with van der Waals surface area (Å²) in [7, 11) is -4.15. The highest BCUT2D eigenvalue weighted by Gasteiger charge is 2.44. The summed E-state index contributed by atoms with van der Waals surface area (Å²) < 4.78 is 28.3. The average Bonchev–Trinajstić information content (AvgIpc) is 3.54. The second-order valence-electron chi connectivity index (χ2n) is 11.4. The fourth-order valence-corrected chi connectivity index (χ4v) is 7.55. The number of carboxylic acids is 1. The molecule has 0 radical (unpaired) electrons. The van der Waals surface area contributed by atoms with Crippen LogP contribution in [0, 0.1) is 26.7 Å². The van der Waals surface area contributed by atoms with Gasteiger partial charge in [-0.2, -0.15) is 4.72 Å². The van der Waals surface area contributed by atoms with Gasteiger partial charge in [0.25, 0.3) is 5.91 Å². The minimum atomic E-state index is -4.15. The number of sulfonamides is 1. The van der Waals surface area contributed by atoms with Crippen molar-refractivity contribution in [3.05, 3.63) is 53.1 Å². The Hall–Kier alpha value is -3.97. The third kappa shape index (κ3) is 6.41. The van der Waals surface area contributed by atoms with Crippen molar-refractivity contribution in [2.75, 3.05) is 18.4 Å². The van der Waals surface area contributed by atoms with Crippen LogP contribution >= 0.6 is 0 Å². The van der Waals surface area contributed by atoms with Crippen molar-refractivity contribution in [1.82, 2.24) is 20.0 Å². The van der Waals surface area contributed by atoms with E-state index in [9.17, 15) is 23.1 Å². The molecule has 5 rings (SSSR count). The van der Waals surface area contributed by atoms with E-state index >= 15 is 0 Å². The number of para-hydroxylation sites is 2. The molecule has 1 saturated carbocycles. The third-order valence-corrected chi connectivity index (χ3v) is 9.78. The molecule has 1 aromatic heterocycles. The van der Waals surface area contributed by atoms with Gasteiger partial charge < -0.3 is 25.6 Å². The molecule has 1 aliphatic heterocycles. The molecule has 13 heteroatoms. The summed E-state index contributed by atoms with van der Waals surface area (Å²) in [6.45, 7) is 5.49. The first-order valence-electron chi connectivity index (χ1n) is 14.0. The minimum absolute atomic E-state index is 0.0320. The molecular formula is C29H36N6O6S. The van der Waals surface area contributed by atoms with Gasteiger partial charge in [-0.15, -0.1) is 0 Å². The number of fused-ring (bicyclic) bond motifs is 1. The number of amides is 1. The average molecular weight is 597 g/mol. The number of aromatic amines is 1. The number of carbonyl (C=O) groups excluding carboxylic acids is 1. The summed E-state index contributed by atoms with van der Waals surface area (Å²) in [6, 6.07) is 9.73. The van der Waals surface area contributed by atoms with Gasteiger partial charge in [-0.25, -0.2) is 13.4 Å². The van der Waals surface area contributed by atoms with Crippen LogP contribution in [0.1, 0.15) is 48.8 Å². The number of rotatable bonds is 10. The van der Waals surface area contributed by atoms with E-state index in [4.69, 9.17) is 4.84 Å². The minimum Gasteiger partial charge on any atom is -0.480 e. The Morgan fingerprint density at radius 1 is 1.14 bits per heavy atom. The normalized spacial score (nSPS) is 21.1. The predicted molar refractivity (Wildman–Crippen MR) is 158 cm³/mol. The van der Waals surface area contributed by atoms with Gasteiger partial charge >= 0.3 is 5.97 Å². The lowest BCUT2D eigenvalue weighted by Gasteiger charge is -2.34. The number of oxime groups is 1. The van der Waals surface area contributed by atoms with Crippen LogP contribution in [0.4, 0.5) is 5.95 Å². The molecule has 1 aliphatic carbocycles. The van der Waals surface area contributed by atoms with Gasteiger partial charge in [0.1, 0.15) is 17.4 Å². The largest absolute Gasteiger partial charge is 0.480 e. The van der Waals surface area contributed by atoms with E-state index in [2.05, 4.69) is 30.5 Å². The van der Waals surface area contributed by atoms with E-state index in [-0.39, 0.29) is 10.6 Å². The molecule has 2 aliphatic rings. The number of imidazole rings is 1. The van der Waals surface area contributed by atoms with Crippen molar-refractivity contribution in [2.24, 2.45) is 11.1 Å². The number of carboxylic acid groups (broad SMARTS) is 1. The topological polar surface area (TPSA) is 175 Å². The summed E-state index contributed by atoms with van der Waals surface area (Å²) in [5.41, 5.74) is 3.42. The first kappa shape index (κ1) is 29.5. The van der Waals surface area contributed by atoms with Gasteiger partial charge in [0.2, 0.25) is 16.0 Å². The number of nitrogens with zero attached hydrogens (tertiary/aromatic N) is 2. The molecule has 0 unspecified atom stereocenters. The van der Waals surface area contributed by atoms with Crippen LogP contribution in [0.2, 0.25) is 0 Å². The third-order valence-electron chi connectivity index (χ3n) is 8.00. The van der Waals surface area contributed by atoms with Crippen LogP contribution in [0.5, 0.6) is 0 Å². The molecule has 3 aromatic rings. The Bertz CT molecular complexity index is 1580. The maximum absolute atomic E-state index is 13.1. The van der Waals surface area contributed by atoms with Gasteiger partial charge in [-0.1, -0.05) is 35.0 Å². The Kier molecular flexibility index (Phi) is 8.24. The first-order valence-corrected chi connectivity index (χ1v) is 15.5. The van der Waals surface area contributed by atoms with E-state index in [1.54, 1.807) is 26.0 Å². The van der Waals surface area contributed by atoms with Crippen LogP contribution in [-0.2, 0) is 24.4 Å². The Labute approximate surface area is 244 Å². The molecule has 224 valence electrons. The summed E-state index contributed by atoms with van der Waals surface area (Å²) in [5, 5.41) is 19.6. The van der Waals surface area contributed by atoms with Gasteiger partial charge in [0.05, 0.1) is 15.9 Å². The summed E-state index contributed by atoms with van der Waals surface area (Å²) in [4.78, 5) is 38.4. The van der Waals surface area contributed by atoms with Crippen LogP contribution in [-0.4, -0.2) is 65.8 Å². The molecular weight excluding hydrogens is 560 g/mol. The molecule has 1 fully saturated rings. The standard InChI is InChI=1S/C29H36N6O6S/c1-17-12-18(2)25(19(3)13-17)42(39,40)35-24(27(37)38)16-30-26(36)23-14-29(41-34-23)10-8-20(9-11-29)15-31-28-32-21-6-4-5-7-22(21)33-28/h4-7,12-13,20,24,35H,8-11,14-16H2,1-3H3,(H,30,36)(H,37,38)(H2,31,32,33)/t20?,24-,29?/m0/s1. The molecule has 1 atom stereocenters.